The van der Waals surface area contributed by atoms with Gasteiger partial charge in [-0.05, 0) is 114 Å². The number of carbonyl (C=O) groups excluding carboxylic acids is 3. The number of allylic oxidation sites excluding steroid dienone is 9. The number of hydrogen-bond donors (Lipinski definition) is 0. The van der Waals surface area contributed by atoms with Gasteiger partial charge in [0.05, 0.1) is 28.9 Å². The Morgan fingerprint density at radius 1 is 0.468 bits per heavy atom. The second kappa shape index (κ2) is 28.2. The molecule has 16 rings (SSSR count). The van der Waals surface area contributed by atoms with E-state index in [2.05, 4.69) is 107 Å². The van der Waals surface area contributed by atoms with Gasteiger partial charge in [0.25, 0.3) is 0 Å². The average molecular weight is 1480 g/mol. The molecule has 3 aliphatic carbocycles. The van der Waals surface area contributed by atoms with E-state index >= 15 is 0 Å². The number of aromatic nitrogens is 3. The first-order valence-corrected chi connectivity index (χ1v) is 37.5. The number of hydrogen-bond acceptors (Lipinski definition) is 7. The summed E-state index contributed by atoms with van der Waals surface area (Å²) in [5.41, 5.74) is 13.7. The maximum Gasteiger partial charge on any atom is 0.416 e. The molecule has 6 aliphatic rings. The monoisotopic (exact) mass is 1480 g/mol. The van der Waals surface area contributed by atoms with Crippen molar-refractivity contribution >= 4 is 113 Å². The molecule has 3 aromatic heterocycles. The SMILES string of the molecule is CC(C)CC[N+]1=C(C=C2C(=O)C(c3cn(C)c4ccc(Cl)cc34)=C2[O-])C(C)(C)c2ccccc21.CC(C)CC[N+]1=C(C=C2C(=O)C(c3cn(C)c4ccccc34)=C2[O-])C(C)(C)c2cc(C(F)(F)F)ccc21.COc1ccc(CC[N+]2=C(C=C3C(=O)C(c4cn(C)c5ccccc45)=C3[O-])C(C)(C)c3ccccc32)cc1. The predicted octanol–water partition coefficient (Wildman–Crippen LogP) is 16.5. The van der Waals surface area contributed by atoms with Crippen molar-refractivity contribution in [1.29, 1.82) is 0 Å². The zero-order chi connectivity index (χ0) is 77.8. The lowest BCUT2D eigenvalue weighted by molar-refractivity contribution is -0.439. The van der Waals surface area contributed by atoms with Crippen LogP contribution < -0.4 is 20.1 Å². The van der Waals surface area contributed by atoms with Crippen LogP contribution in [0.2, 0.25) is 5.02 Å². The van der Waals surface area contributed by atoms with Crippen LogP contribution in [0.15, 0.2) is 229 Å². The summed E-state index contributed by atoms with van der Waals surface area (Å²) in [5.74, 6) is 0.339. The van der Waals surface area contributed by atoms with Crippen LogP contribution >= 0.6 is 11.6 Å². The molecule has 0 amide bonds. The molecule has 3 aliphatic heterocycles. The Morgan fingerprint density at radius 2 is 0.844 bits per heavy atom. The Labute approximate surface area is 638 Å². The van der Waals surface area contributed by atoms with Gasteiger partial charge in [-0.3, -0.25) is 14.4 Å². The summed E-state index contributed by atoms with van der Waals surface area (Å²) in [5, 5.41) is 43.3. The highest BCUT2D eigenvalue weighted by Gasteiger charge is 2.50. The van der Waals surface area contributed by atoms with E-state index in [1.165, 1.54) is 28.8 Å². The van der Waals surface area contributed by atoms with Gasteiger partial charge in [0.2, 0.25) is 17.1 Å². The first kappa shape index (κ1) is 74.7. The Kier molecular flexibility index (Phi) is 19.3. The fourth-order valence-electron chi connectivity index (χ4n) is 16.5. The van der Waals surface area contributed by atoms with Crippen molar-refractivity contribution in [2.24, 2.45) is 33.0 Å². The van der Waals surface area contributed by atoms with Crippen LogP contribution in [0.1, 0.15) is 127 Å². The molecule has 13 nitrogen and oxygen atoms in total. The molecule has 10 aromatic rings. The molecule has 0 radical (unpaired) electrons. The summed E-state index contributed by atoms with van der Waals surface area (Å²) < 4.78 is 58.2. The smallest absolute Gasteiger partial charge is 0.416 e. The van der Waals surface area contributed by atoms with Crippen LogP contribution in [0.4, 0.5) is 30.2 Å². The van der Waals surface area contributed by atoms with Gasteiger partial charge in [-0.25, -0.2) is 0 Å². The Hall–Kier alpha value is -11.1. The lowest BCUT2D eigenvalue weighted by atomic mass is 9.77. The minimum atomic E-state index is -4.46. The third-order valence-corrected chi connectivity index (χ3v) is 22.9. The van der Waals surface area contributed by atoms with Crippen LogP contribution in [-0.2, 0) is 64.4 Å². The number of fused-ring (bicyclic) bond motifs is 6. The molecule has 0 fully saturated rings. The topological polar surface area (TPSA) is 153 Å². The molecular weight excluding hydrogens is 1390 g/mol. The molecular formula is C92H88ClF3N6O7. The fraction of sp³-hybridized carbons (Fsp3) is 0.283. The lowest BCUT2D eigenvalue weighted by Gasteiger charge is -2.30. The second-order valence-corrected chi connectivity index (χ2v) is 32.1. The Balaban J connectivity index is 0.000000137. The van der Waals surface area contributed by atoms with Gasteiger partial charge in [0.15, 0.2) is 41.0 Å². The van der Waals surface area contributed by atoms with E-state index in [-0.39, 0.29) is 78.9 Å². The van der Waals surface area contributed by atoms with Gasteiger partial charge in [-0.15, -0.1) is 0 Å². The third kappa shape index (κ3) is 12.9. The van der Waals surface area contributed by atoms with E-state index in [1.54, 1.807) is 19.4 Å². The number of ether oxygens (including phenoxy) is 1. The third-order valence-electron chi connectivity index (χ3n) is 22.7. The molecule has 556 valence electrons. The highest BCUT2D eigenvalue weighted by molar-refractivity contribution is 6.43. The highest BCUT2D eigenvalue weighted by atomic mass is 35.5. The first-order chi connectivity index (χ1) is 51.7. The summed E-state index contributed by atoms with van der Waals surface area (Å²) in [4.78, 5) is 40.2. The van der Waals surface area contributed by atoms with Gasteiger partial charge < -0.3 is 33.8 Å². The number of rotatable bonds is 16. The van der Waals surface area contributed by atoms with E-state index < -0.39 is 17.2 Å². The van der Waals surface area contributed by atoms with E-state index in [4.69, 9.17) is 16.3 Å². The van der Waals surface area contributed by atoms with E-state index in [9.17, 15) is 42.9 Å². The number of alkyl halides is 3. The predicted molar refractivity (Wildman–Crippen MR) is 422 cm³/mol. The number of para-hydroxylation sites is 4. The Morgan fingerprint density at radius 3 is 1.26 bits per heavy atom. The number of ketones is 3. The summed E-state index contributed by atoms with van der Waals surface area (Å²) in [6.07, 6.45) is 8.99. The molecule has 0 saturated heterocycles. The number of carbonyl (C=O) groups is 3. The lowest BCUT2D eigenvalue weighted by Crippen LogP contribution is -2.34. The number of benzene rings is 7. The van der Waals surface area contributed by atoms with Crippen molar-refractivity contribution in [2.75, 3.05) is 26.7 Å². The number of aryl methyl sites for hydroxylation is 3. The minimum absolute atomic E-state index is 0.0735. The molecule has 0 unspecified atom stereocenters. The molecule has 0 saturated carbocycles. The maximum atomic E-state index is 13.5. The molecule has 0 N–H and O–H groups in total. The van der Waals surface area contributed by atoms with Gasteiger partial charge >= 0.3 is 6.18 Å². The number of nitrogens with zero attached hydrogens (tertiary/aromatic N) is 6. The Bertz CT molecular complexity index is 5830. The highest BCUT2D eigenvalue weighted by Crippen LogP contribution is 2.49. The zero-order valence-corrected chi connectivity index (χ0v) is 64.7. The normalized spacial score (nSPS) is 18.1. The van der Waals surface area contributed by atoms with Gasteiger partial charge in [-0.2, -0.15) is 26.9 Å². The van der Waals surface area contributed by atoms with Gasteiger partial charge in [0, 0.05) is 200 Å². The molecule has 7 aromatic carbocycles. The van der Waals surface area contributed by atoms with Crippen molar-refractivity contribution in [1.82, 2.24) is 13.7 Å². The first-order valence-electron chi connectivity index (χ1n) is 37.1. The summed E-state index contributed by atoms with van der Waals surface area (Å²) >= 11 is 6.22. The van der Waals surface area contributed by atoms with Crippen LogP contribution in [0.25, 0.3) is 49.4 Å². The van der Waals surface area contributed by atoms with Crippen LogP contribution in [-0.4, -0.2) is 88.7 Å². The molecule has 6 heterocycles. The summed E-state index contributed by atoms with van der Waals surface area (Å²) in [7, 11) is 7.38. The average Bonchev–Trinajstić information content (AvgIpc) is 1.63. The second-order valence-electron chi connectivity index (χ2n) is 31.6. The van der Waals surface area contributed by atoms with Crippen molar-refractivity contribution in [2.45, 2.75) is 111 Å². The van der Waals surface area contributed by atoms with Crippen molar-refractivity contribution in [3.63, 3.8) is 0 Å². The number of methoxy groups -OCH3 is 1. The van der Waals surface area contributed by atoms with Crippen molar-refractivity contribution < 1.29 is 61.3 Å². The largest absolute Gasteiger partial charge is 0.871 e. The quantitative estimate of drug-likeness (QED) is 0.0689. The zero-order valence-electron chi connectivity index (χ0n) is 63.9. The summed E-state index contributed by atoms with van der Waals surface area (Å²) in [6.45, 7) is 23.1. The fourth-order valence-corrected chi connectivity index (χ4v) is 16.6. The van der Waals surface area contributed by atoms with Crippen LogP contribution in [0.5, 0.6) is 5.75 Å². The number of halogens is 4. The van der Waals surface area contributed by atoms with E-state index in [0.717, 1.165) is 99.7 Å². The molecule has 109 heavy (non-hydrogen) atoms. The van der Waals surface area contributed by atoms with Crippen LogP contribution in [0.3, 0.4) is 0 Å². The summed E-state index contributed by atoms with van der Waals surface area (Å²) in [6, 6.07) is 49.6. The van der Waals surface area contributed by atoms with E-state index in [0.29, 0.717) is 57.1 Å². The maximum absolute atomic E-state index is 13.5. The van der Waals surface area contributed by atoms with Crippen molar-refractivity contribution in [3.05, 3.63) is 278 Å². The molecule has 0 bridgehead atoms. The minimum Gasteiger partial charge on any atom is -0.871 e. The molecule has 0 atom stereocenters. The van der Waals surface area contributed by atoms with E-state index in [1.807, 2.05) is 175 Å². The number of Topliss-reactive ketones (excluding diaryl/α,β-unsaturated/α-hetero) is 3. The molecule has 0 spiro atoms. The van der Waals surface area contributed by atoms with Crippen LogP contribution in [0, 0.1) is 11.8 Å². The van der Waals surface area contributed by atoms with Crippen molar-refractivity contribution in [3.8, 4) is 5.75 Å². The van der Waals surface area contributed by atoms with Gasteiger partial charge in [-0.1, -0.05) is 142 Å². The standard InChI is InChI=1S/C33H30N2O3.C30H29F3N2O2.C29H29ClN2O2/c1-33(2)26-10-6-8-12-28(26)35(18-17-21-13-15-22(38-4)16-14-21)29(33)19-24-31(36)30(32(24)37)25-20-34(3)27-11-7-5-9-23(25)27;1-17(2)12-13-35-24-11-10-18(30(31,32)33)14-22(24)29(3,4)25(35)15-20-27(36)26(28(20)37)21-16-34(5)23-9-7-6-8-19(21)23;1-17(2)12-13-32-24-9-7-6-8-22(24)29(3,4)25(32)15-20-27(33)26(28(20)34)21-16-31(5)23-11-10-18(30)14-19(21)23/h5-16,19-20H,17-18H2,1-4H3;6-11,14-17H,12-13H2,1-5H3;6-11,14-17H,12-13H2,1-5H3. The molecule has 17 heteroatoms. The van der Waals surface area contributed by atoms with Gasteiger partial charge in [0.1, 0.15) is 18.8 Å².